The van der Waals surface area contributed by atoms with Crippen LogP contribution in [-0.4, -0.2) is 49.2 Å². The van der Waals surface area contributed by atoms with Gasteiger partial charge in [-0.15, -0.1) is 0 Å². The molecule has 1 aromatic heterocycles. The molecule has 0 fully saturated rings. The molecule has 186 valence electrons. The molecular formula is C27H28N4O5. The Balaban J connectivity index is 1.43. The largest absolute Gasteiger partial charge is 0.496 e. The zero-order chi connectivity index (χ0) is 25.7. The van der Waals surface area contributed by atoms with E-state index in [1.807, 2.05) is 35.9 Å². The minimum absolute atomic E-state index is 0.202. The zero-order valence-corrected chi connectivity index (χ0v) is 20.6. The Labute approximate surface area is 209 Å². The summed E-state index contributed by atoms with van der Waals surface area (Å²) in [4.78, 5) is 30.0. The van der Waals surface area contributed by atoms with E-state index < -0.39 is 0 Å². The van der Waals surface area contributed by atoms with E-state index in [4.69, 9.17) is 19.2 Å². The number of fused-ring (bicyclic) bond motifs is 1. The second-order valence-electron chi connectivity index (χ2n) is 8.02. The topological polar surface area (TPSA) is 104 Å². The van der Waals surface area contributed by atoms with Crippen molar-refractivity contribution in [2.75, 3.05) is 33.2 Å². The third-order valence-corrected chi connectivity index (χ3v) is 5.86. The first-order chi connectivity index (χ1) is 17.4. The van der Waals surface area contributed by atoms with Crippen LogP contribution >= 0.6 is 0 Å². The van der Waals surface area contributed by atoms with Gasteiger partial charge in [0.05, 0.1) is 37.9 Å². The summed E-state index contributed by atoms with van der Waals surface area (Å²) in [5.41, 5.74) is 3.22. The molecule has 2 N–H and O–H groups in total. The quantitative estimate of drug-likeness (QED) is 0.371. The van der Waals surface area contributed by atoms with Crippen LogP contribution in [0.15, 0.2) is 60.7 Å². The minimum Gasteiger partial charge on any atom is -0.496 e. The predicted octanol–water partition coefficient (Wildman–Crippen LogP) is 3.82. The molecule has 1 heterocycles. The molecule has 2 amide bonds. The average molecular weight is 489 g/mol. The van der Waals surface area contributed by atoms with Crippen LogP contribution in [-0.2, 0) is 13.5 Å². The van der Waals surface area contributed by atoms with Gasteiger partial charge in [0, 0.05) is 31.3 Å². The van der Waals surface area contributed by atoms with Gasteiger partial charge in [0.2, 0.25) is 0 Å². The number of para-hydroxylation sites is 1. The van der Waals surface area contributed by atoms with Gasteiger partial charge in [0.15, 0.2) is 11.5 Å². The van der Waals surface area contributed by atoms with Crippen LogP contribution in [0.1, 0.15) is 26.5 Å². The van der Waals surface area contributed by atoms with E-state index in [1.54, 1.807) is 43.5 Å². The van der Waals surface area contributed by atoms with Crippen LogP contribution in [0.5, 0.6) is 17.2 Å². The smallest absolute Gasteiger partial charge is 0.255 e. The van der Waals surface area contributed by atoms with E-state index in [2.05, 4.69) is 10.6 Å². The van der Waals surface area contributed by atoms with E-state index in [9.17, 15) is 9.59 Å². The molecule has 4 rings (SSSR count). The lowest BCUT2D eigenvalue weighted by atomic mass is 10.1. The summed E-state index contributed by atoms with van der Waals surface area (Å²) in [7, 11) is 6.53. The van der Waals surface area contributed by atoms with E-state index >= 15 is 0 Å². The summed E-state index contributed by atoms with van der Waals surface area (Å²) in [6.07, 6.45) is 0.541. The SMILES string of the molecule is COc1ccc(C(=O)Nc2ccc3c(c2)nc(CCNC(=O)c2ccccc2OC)n3C)cc1OC. The summed E-state index contributed by atoms with van der Waals surface area (Å²) in [5.74, 6) is 1.90. The molecule has 36 heavy (non-hydrogen) atoms. The van der Waals surface area contributed by atoms with Crippen molar-refractivity contribution in [3.63, 3.8) is 0 Å². The molecule has 0 aliphatic carbocycles. The van der Waals surface area contributed by atoms with Gasteiger partial charge in [-0.3, -0.25) is 9.59 Å². The minimum atomic E-state index is -0.273. The number of hydrogen-bond acceptors (Lipinski definition) is 6. The number of carbonyl (C=O) groups is 2. The van der Waals surface area contributed by atoms with Crippen LogP contribution in [0.25, 0.3) is 11.0 Å². The second kappa shape index (κ2) is 10.8. The van der Waals surface area contributed by atoms with Crippen LogP contribution < -0.4 is 24.8 Å². The number of methoxy groups -OCH3 is 3. The number of aryl methyl sites for hydroxylation is 1. The van der Waals surface area contributed by atoms with Gasteiger partial charge in [0.25, 0.3) is 11.8 Å². The normalized spacial score (nSPS) is 10.7. The number of ether oxygens (including phenoxy) is 3. The fourth-order valence-electron chi connectivity index (χ4n) is 3.95. The highest BCUT2D eigenvalue weighted by Gasteiger charge is 2.14. The highest BCUT2D eigenvalue weighted by Crippen LogP contribution is 2.28. The second-order valence-corrected chi connectivity index (χ2v) is 8.02. The maximum absolute atomic E-state index is 12.8. The fourth-order valence-corrected chi connectivity index (χ4v) is 3.95. The van der Waals surface area contributed by atoms with Crippen molar-refractivity contribution in [2.24, 2.45) is 7.05 Å². The molecule has 0 unspecified atom stereocenters. The summed E-state index contributed by atoms with van der Waals surface area (Å²) < 4.78 is 17.7. The van der Waals surface area contributed by atoms with Crippen LogP contribution in [0.3, 0.4) is 0 Å². The number of nitrogens with zero attached hydrogens (tertiary/aromatic N) is 2. The van der Waals surface area contributed by atoms with E-state index in [-0.39, 0.29) is 11.8 Å². The van der Waals surface area contributed by atoms with Crippen molar-refractivity contribution in [1.29, 1.82) is 0 Å². The highest BCUT2D eigenvalue weighted by molar-refractivity contribution is 6.05. The summed E-state index contributed by atoms with van der Waals surface area (Å²) in [5, 5.41) is 5.82. The van der Waals surface area contributed by atoms with Crippen molar-refractivity contribution in [2.45, 2.75) is 6.42 Å². The molecule has 0 spiro atoms. The van der Waals surface area contributed by atoms with Gasteiger partial charge in [-0.05, 0) is 48.5 Å². The van der Waals surface area contributed by atoms with Crippen molar-refractivity contribution in [3.05, 3.63) is 77.6 Å². The molecule has 0 aliphatic rings. The van der Waals surface area contributed by atoms with Gasteiger partial charge in [0.1, 0.15) is 11.6 Å². The number of aromatic nitrogens is 2. The summed E-state index contributed by atoms with van der Waals surface area (Å²) in [6, 6.07) is 17.6. The highest BCUT2D eigenvalue weighted by atomic mass is 16.5. The number of imidazole rings is 1. The van der Waals surface area contributed by atoms with Crippen molar-refractivity contribution >= 4 is 28.5 Å². The fraction of sp³-hybridized carbons (Fsp3) is 0.222. The number of hydrogen-bond donors (Lipinski definition) is 2. The van der Waals surface area contributed by atoms with Crippen molar-refractivity contribution in [3.8, 4) is 17.2 Å². The number of benzene rings is 3. The average Bonchev–Trinajstić information content (AvgIpc) is 3.22. The summed E-state index contributed by atoms with van der Waals surface area (Å²) in [6.45, 7) is 0.414. The van der Waals surface area contributed by atoms with Gasteiger partial charge in [-0.25, -0.2) is 4.98 Å². The van der Waals surface area contributed by atoms with Crippen LogP contribution in [0.4, 0.5) is 5.69 Å². The maximum atomic E-state index is 12.8. The standard InChI is InChI=1S/C27H28N4O5/c1-31-21-11-10-18(29-26(32)17-9-12-23(35-3)24(15-17)36-4)16-20(21)30-25(31)13-14-28-27(33)19-7-5-6-8-22(19)34-2/h5-12,15-16H,13-14H2,1-4H3,(H,28,33)(H,29,32). The molecule has 4 aromatic rings. The predicted molar refractivity (Wildman–Crippen MR) is 137 cm³/mol. The number of carbonyl (C=O) groups excluding carboxylic acids is 2. The van der Waals surface area contributed by atoms with Gasteiger partial charge in [-0.2, -0.15) is 0 Å². The Kier molecular flexibility index (Phi) is 7.39. The monoisotopic (exact) mass is 488 g/mol. The lowest BCUT2D eigenvalue weighted by Gasteiger charge is -2.10. The van der Waals surface area contributed by atoms with Crippen LogP contribution in [0.2, 0.25) is 0 Å². The maximum Gasteiger partial charge on any atom is 0.255 e. The van der Waals surface area contributed by atoms with Gasteiger partial charge < -0.3 is 29.4 Å². The van der Waals surface area contributed by atoms with Gasteiger partial charge in [-0.1, -0.05) is 12.1 Å². The third kappa shape index (κ3) is 5.10. The van der Waals surface area contributed by atoms with Crippen molar-refractivity contribution in [1.82, 2.24) is 14.9 Å². The first-order valence-corrected chi connectivity index (χ1v) is 11.3. The zero-order valence-electron chi connectivity index (χ0n) is 20.6. The first kappa shape index (κ1) is 24.6. The molecule has 0 bridgehead atoms. The lowest BCUT2D eigenvalue weighted by molar-refractivity contribution is 0.0950. The van der Waals surface area contributed by atoms with Crippen LogP contribution in [0, 0.1) is 0 Å². The Hall–Kier alpha value is -4.53. The third-order valence-electron chi connectivity index (χ3n) is 5.86. The molecule has 0 radical (unpaired) electrons. The molecule has 0 saturated carbocycles. The lowest BCUT2D eigenvalue weighted by Crippen LogP contribution is -2.26. The molecular weight excluding hydrogens is 460 g/mol. The Morgan fingerprint density at radius 2 is 1.61 bits per heavy atom. The number of amides is 2. The number of rotatable bonds is 9. The van der Waals surface area contributed by atoms with E-state index in [1.165, 1.54) is 14.2 Å². The van der Waals surface area contributed by atoms with E-state index in [0.29, 0.717) is 47.0 Å². The molecule has 9 heteroatoms. The molecule has 0 atom stereocenters. The Morgan fingerprint density at radius 1 is 0.861 bits per heavy atom. The number of anilines is 1. The molecule has 0 saturated heterocycles. The molecule has 9 nitrogen and oxygen atoms in total. The Morgan fingerprint density at radius 3 is 2.36 bits per heavy atom. The number of nitrogens with one attached hydrogen (secondary N) is 2. The van der Waals surface area contributed by atoms with E-state index in [0.717, 1.165) is 16.9 Å². The van der Waals surface area contributed by atoms with Crippen molar-refractivity contribution < 1.29 is 23.8 Å². The summed E-state index contributed by atoms with van der Waals surface area (Å²) >= 11 is 0. The first-order valence-electron chi connectivity index (χ1n) is 11.3. The Bertz CT molecular complexity index is 1410. The van der Waals surface area contributed by atoms with Gasteiger partial charge >= 0.3 is 0 Å². The molecule has 0 aliphatic heterocycles. The molecule has 3 aromatic carbocycles.